The second kappa shape index (κ2) is 10.1. The lowest BCUT2D eigenvalue weighted by Gasteiger charge is -2.25. The van der Waals surface area contributed by atoms with Crippen LogP contribution in [0.1, 0.15) is 45.1 Å². The predicted octanol–water partition coefficient (Wildman–Crippen LogP) is 2.72. The molecule has 0 fully saturated rings. The van der Waals surface area contributed by atoms with Gasteiger partial charge in [0.05, 0.1) is 41.3 Å². The summed E-state index contributed by atoms with van der Waals surface area (Å²) in [6.45, 7) is 7.01. The van der Waals surface area contributed by atoms with E-state index in [9.17, 15) is 14.4 Å². The topological polar surface area (TPSA) is 109 Å². The SMILES string of the molecule is CCOC(=O)C1=C(C)N=c2s/c(=C\c3ccco3)c(=O)n2C1c1ccc(OC(C)=O)c(OCC)c1. The third-order valence-electron chi connectivity index (χ3n) is 5.17. The van der Waals surface area contributed by atoms with Gasteiger partial charge in [-0.25, -0.2) is 9.79 Å². The number of fused-ring (bicyclic) bond motifs is 1. The minimum atomic E-state index is -0.824. The Labute approximate surface area is 204 Å². The number of carbonyl (C=O) groups is 2. The summed E-state index contributed by atoms with van der Waals surface area (Å²) in [5, 5.41) is 0. The molecule has 0 radical (unpaired) electrons. The summed E-state index contributed by atoms with van der Waals surface area (Å²) in [6, 6.07) is 7.58. The number of rotatable bonds is 7. The van der Waals surface area contributed by atoms with Crippen LogP contribution in [0.2, 0.25) is 0 Å². The van der Waals surface area contributed by atoms with Crippen molar-refractivity contribution in [3.63, 3.8) is 0 Å². The number of furan rings is 1. The van der Waals surface area contributed by atoms with Gasteiger partial charge in [-0.2, -0.15) is 0 Å². The minimum absolute atomic E-state index is 0.167. The van der Waals surface area contributed by atoms with Gasteiger partial charge in [0.25, 0.3) is 5.56 Å². The van der Waals surface area contributed by atoms with Crippen molar-refractivity contribution < 1.29 is 28.2 Å². The molecule has 1 aliphatic rings. The van der Waals surface area contributed by atoms with Gasteiger partial charge in [-0.3, -0.25) is 14.2 Å². The fraction of sp³-hybridized carbons (Fsp3) is 0.280. The van der Waals surface area contributed by atoms with Crippen molar-refractivity contribution in [1.82, 2.24) is 4.57 Å². The van der Waals surface area contributed by atoms with Crippen molar-refractivity contribution in [3.8, 4) is 11.5 Å². The quantitative estimate of drug-likeness (QED) is 0.365. The van der Waals surface area contributed by atoms with E-state index in [1.165, 1.54) is 29.1 Å². The molecule has 1 unspecified atom stereocenters. The average Bonchev–Trinajstić information content (AvgIpc) is 3.42. The number of ether oxygens (including phenoxy) is 3. The first kappa shape index (κ1) is 24.2. The summed E-state index contributed by atoms with van der Waals surface area (Å²) in [6.07, 6.45) is 3.16. The van der Waals surface area contributed by atoms with E-state index in [0.717, 1.165) is 0 Å². The van der Waals surface area contributed by atoms with E-state index in [0.29, 0.717) is 38.7 Å². The highest BCUT2D eigenvalue weighted by molar-refractivity contribution is 7.07. The molecule has 0 saturated heterocycles. The number of nitrogens with zero attached hydrogens (tertiary/aromatic N) is 2. The molecule has 1 aliphatic heterocycles. The fourth-order valence-electron chi connectivity index (χ4n) is 3.81. The predicted molar refractivity (Wildman–Crippen MR) is 128 cm³/mol. The van der Waals surface area contributed by atoms with Crippen LogP contribution in [0, 0.1) is 0 Å². The molecule has 182 valence electrons. The van der Waals surface area contributed by atoms with Gasteiger partial charge in [-0.05, 0) is 50.6 Å². The molecule has 0 N–H and O–H groups in total. The van der Waals surface area contributed by atoms with Crippen LogP contribution in [-0.2, 0) is 14.3 Å². The number of carbonyl (C=O) groups excluding carboxylic acids is 2. The smallest absolute Gasteiger partial charge is 0.338 e. The largest absolute Gasteiger partial charge is 0.490 e. The molecule has 35 heavy (non-hydrogen) atoms. The lowest BCUT2D eigenvalue weighted by Crippen LogP contribution is -2.40. The standard InChI is InChI=1S/C25H24N2O7S/c1-5-31-19-12-16(9-10-18(19)34-15(4)28)22-21(24(30)32-6-2)14(3)26-25-27(22)23(29)20(35-25)13-17-8-7-11-33-17/h7-13,22H,5-6H2,1-4H3/b20-13-. The highest BCUT2D eigenvalue weighted by atomic mass is 32.1. The molecule has 0 bridgehead atoms. The molecule has 10 heteroatoms. The Kier molecular flexibility index (Phi) is 7.02. The van der Waals surface area contributed by atoms with E-state index in [1.807, 2.05) is 0 Å². The van der Waals surface area contributed by atoms with Crippen LogP contribution >= 0.6 is 11.3 Å². The van der Waals surface area contributed by atoms with Gasteiger partial charge in [0.2, 0.25) is 0 Å². The van der Waals surface area contributed by atoms with Crippen LogP contribution in [0.25, 0.3) is 6.08 Å². The van der Waals surface area contributed by atoms with E-state index in [2.05, 4.69) is 4.99 Å². The minimum Gasteiger partial charge on any atom is -0.490 e. The molecule has 0 saturated carbocycles. The second-order valence-electron chi connectivity index (χ2n) is 7.55. The number of allylic oxidation sites excluding steroid dienone is 1. The summed E-state index contributed by atoms with van der Waals surface area (Å²) >= 11 is 1.20. The lowest BCUT2D eigenvalue weighted by atomic mass is 9.95. The third kappa shape index (κ3) is 4.83. The fourth-order valence-corrected chi connectivity index (χ4v) is 4.84. The van der Waals surface area contributed by atoms with Gasteiger partial charge < -0.3 is 18.6 Å². The Morgan fingerprint density at radius 2 is 2.00 bits per heavy atom. The Morgan fingerprint density at radius 3 is 2.66 bits per heavy atom. The maximum absolute atomic E-state index is 13.5. The molecule has 9 nitrogen and oxygen atoms in total. The third-order valence-corrected chi connectivity index (χ3v) is 6.15. The molecular formula is C25H24N2O7S. The zero-order valence-corrected chi connectivity index (χ0v) is 20.5. The van der Waals surface area contributed by atoms with Crippen LogP contribution in [0.15, 0.2) is 62.1 Å². The Bertz CT molecular complexity index is 1480. The summed E-state index contributed by atoms with van der Waals surface area (Å²) in [5.41, 5.74) is 0.937. The molecule has 0 aliphatic carbocycles. The van der Waals surface area contributed by atoms with Crippen molar-refractivity contribution in [2.24, 2.45) is 4.99 Å². The maximum atomic E-state index is 13.5. The van der Waals surface area contributed by atoms with Crippen molar-refractivity contribution in [2.45, 2.75) is 33.7 Å². The van der Waals surface area contributed by atoms with Crippen LogP contribution in [-0.4, -0.2) is 29.7 Å². The first-order chi connectivity index (χ1) is 16.8. The van der Waals surface area contributed by atoms with E-state index in [1.54, 1.807) is 57.2 Å². The zero-order valence-electron chi connectivity index (χ0n) is 19.7. The van der Waals surface area contributed by atoms with Crippen LogP contribution in [0.4, 0.5) is 0 Å². The number of aromatic nitrogens is 1. The van der Waals surface area contributed by atoms with Crippen molar-refractivity contribution in [2.75, 3.05) is 13.2 Å². The van der Waals surface area contributed by atoms with Crippen LogP contribution < -0.4 is 24.4 Å². The highest BCUT2D eigenvalue weighted by Gasteiger charge is 2.34. The molecule has 0 spiro atoms. The molecule has 0 amide bonds. The Morgan fingerprint density at radius 1 is 1.20 bits per heavy atom. The van der Waals surface area contributed by atoms with E-state index < -0.39 is 18.0 Å². The number of hydrogen-bond acceptors (Lipinski definition) is 9. The van der Waals surface area contributed by atoms with Gasteiger partial charge in [0.1, 0.15) is 5.76 Å². The zero-order chi connectivity index (χ0) is 25.1. The Hall–Kier alpha value is -3.92. The highest BCUT2D eigenvalue weighted by Crippen LogP contribution is 2.36. The molecule has 4 rings (SSSR count). The average molecular weight is 497 g/mol. The molecule has 3 aromatic rings. The van der Waals surface area contributed by atoms with Gasteiger partial charge in [0.15, 0.2) is 16.3 Å². The van der Waals surface area contributed by atoms with E-state index in [4.69, 9.17) is 18.6 Å². The lowest BCUT2D eigenvalue weighted by molar-refractivity contribution is -0.139. The Balaban J connectivity index is 1.95. The van der Waals surface area contributed by atoms with Gasteiger partial charge in [0, 0.05) is 13.0 Å². The summed E-state index contributed by atoms with van der Waals surface area (Å²) in [5.74, 6) is 0.0219. The number of hydrogen-bond donors (Lipinski definition) is 0. The van der Waals surface area contributed by atoms with E-state index >= 15 is 0 Å². The van der Waals surface area contributed by atoms with Crippen LogP contribution in [0.5, 0.6) is 11.5 Å². The molecule has 2 aromatic heterocycles. The van der Waals surface area contributed by atoms with Gasteiger partial charge in [-0.15, -0.1) is 0 Å². The molecule has 1 atom stereocenters. The van der Waals surface area contributed by atoms with Crippen molar-refractivity contribution in [3.05, 3.63) is 78.9 Å². The second-order valence-corrected chi connectivity index (χ2v) is 8.56. The summed E-state index contributed by atoms with van der Waals surface area (Å²) < 4.78 is 23.5. The first-order valence-electron chi connectivity index (χ1n) is 11.0. The number of benzene rings is 1. The number of thiazole rings is 1. The van der Waals surface area contributed by atoms with Crippen LogP contribution in [0.3, 0.4) is 0 Å². The molecular weight excluding hydrogens is 472 g/mol. The number of esters is 2. The molecule has 1 aromatic carbocycles. The first-order valence-corrected chi connectivity index (χ1v) is 11.8. The summed E-state index contributed by atoms with van der Waals surface area (Å²) in [4.78, 5) is 43.1. The molecule has 3 heterocycles. The summed E-state index contributed by atoms with van der Waals surface area (Å²) in [7, 11) is 0. The normalized spacial score (nSPS) is 15.4. The maximum Gasteiger partial charge on any atom is 0.338 e. The van der Waals surface area contributed by atoms with Gasteiger partial charge >= 0.3 is 11.9 Å². The van der Waals surface area contributed by atoms with Crippen molar-refractivity contribution in [1.29, 1.82) is 0 Å². The van der Waals surface area contributed by atoms with Gasteiger partial charge in [-0.1, -0.05) is 17.4 Å². The van der Waals surface area contributed by atoms with Crippen molar-refractivity contribution >= 4 is 29.4 Å². The van der Waals surface area contributed by atoms with E-state index in [-0.39, 0.29) is 23.5 Å². The monoisotopic (exact) mass is 496 g/mol.